The van der Waals surface area contributed by atoms with Crippen molar-refractivity contribution in [1.29, 1.82) is 0 Å². The topological polar surface area (TPSA) is 99.5 Å². The highest BCUT2D eigenvalue weighted by Crippen LogP contribution is 2.21. The Hall–Kier alpha value is -2.89. The van der Waals surface area contributed by atoms with Crippen LogP contribution in [0.1, 0.15) is 22.3 Å². The summed E-state index contributed by atoms with van der Waals surface area (Å²) in [6.45, 7) is 0. The molecule has 6 nitrogen and oxygen atoms in total. The van der Waals surface area contributed by atoms with Crippen LogP contribution in [0.15, 0.2) is 42.7 Å². The van der Waals surface area contributed by atoms with Gasteiger partial charge in [0.25, 0.3) is 0 Å². The lowest BCUT2D eigenvalue weighted by atomic mass is 10.1. The summed E-state index contributed by atoms with van der Waals surface area (Å²) >= 11 is 0. The zero-order valence-electron chi connectivity index (χ0n) is 11.1. The first kappa shape index (κ1) is 14.5. The number of hydrogen-bond acceptors (Lipinski definition) is 4. The van der Waals surface area contributed by atoms with Crippen LogP contribution in [0.2, 0.25) is 0 Å². The van der Waals surface area contributed by atoms with Crippen LogP contribution >= 0.6 is 0 Å². The summed E-state index contributed by atoms with van der Waals surface area (Å²) in [5, 5.41) is 20.9. The van der Waals surface area contributed by atoms with Crippen molar-refractivity contribution in [3.63, 3.8) is 0 Å². The fourth-order valence-corrected chi connectivity index (χ4v) is 1.82. The fraction of sp³-hybridized carbons (Fsp3) is 0.133. The van der Waals surface area contributed by atoms with Gasteiger partial charge in [0.2, 0.25) is 5.91 Å². The molecule has 0 unspecified atom stereocenters. The van der Waals surface area contributed by atoms with E-state index in [2.05, 4.69) is 10.3 Å². The summed E-state index contributed by atoms with van der Waals surface area (Å²) in [6.07, 6.45) is 4.16. The lowest BCUT2D eigenvalue weighted by Gasteiger charge is -2.07. The summed E-state index contributed by atoms with van der Waals surface area (Å²) in [5.74, 6) is -1.81. The van der Waals surface area contributed by atoms with Crippen LogP contribution in [0.25, 0.3) is 0 Å². The van der Waals surface area contributed by atoms with Gasteiger partial charge < -0.3 is 15.5 Å². The molecule has 0 spiro atoms. The van der Waals surface area contributed by atoms with Crippen LogP contribution in [-0.4, -0.2) is 27.1 Å². The number of benzene rings is 1. The average molecular weight is 286 g/mol. The van der Waals surface area contributed by atoms with Gasteiger partial charge in [0.05, 0.1) is 0 Å². The molecule has 0 bridgehead atoms. The molecule has 0 saturated carbocycles. The van der Waals surface area contributed by atoms with Gasteiger partial charge in [-0.15, -0.1) is 0 Å². The van der Waals surface area contributed by atoms with Gasteiger partial charge in [-0.2, -0.15) is 0 Å². The largest absolute Gasteiger partial charge is 0.507 e. The highest BCUT2D eigenvalue weighted by Gasteiger charge is 2.11. The number of hydrogen-bond donors (Lipinski definition) is 3. The van der Waals surface area contributed by atoms with Gasteiger partial charge in [-0.3, -0.25) is 9.78 Å². The molecule has 0 aliphatic heterocycles. The molecule has 0 atom stereocenters. The molecular formula is C15H14N2O4. The summed E-state index contributed by atoms with van der Waals surface area (Å²) < 4.78 is 0. The number of carbonyl (C=O) groups excluding carboxylic acids is 1. The molecule has 3 N–H and O–H groups in total. The molecule has 0 aliphatic carbocycles. The van der Waals surface area contributed by atoms with E-state index in [0.29, 0.717) is 12.1 Å². The van der Waals surface area contributed by atoms with Crippen LogP contribution in [0.4, 0.5) is 5.69 Å². The second-order valence-electron chi connectivity index (χ2n) is 4.44. The van der Waals surface area contributed by atoms with Crippen LogP contribution in [-0.2, 0) is 11.2 Å². The van der Waals surface area contributed by atoms with Gasteiger partial charge in [-0.25, -0.2) is 4.79 Å². The van der Waals surface area contributed by atoms with Crippen LogP contribution < -0.4 is 5.32 Å². The van der Waals surface area contributed by atoms with Gasteiger partial charge in [0, 0.05) is 24.5 Å². The Kier molecular flexibility index (Phi) is 4.50. The number of carboxylic acid groups (broad SMARTS) is 1. The molecule has 2 rings (SSSR count). The smallest absolute Gasteiger partial charge is 0.339 e. The fourth-order valence-electron chi connectivity index (χ4n) is 1.82. The molecule has 1 heterocycles. The minimum atomic E-state index is -1.25. The standard InChI is InChI=1S/C15H14N2O4/c18-13-3-2-11(9-12(13)15(20)21)17-14(19)4-1-10-5-7-16-8-6-10/h2-3,5-9,18H,1,4H2,(H,17,19)(H,20,21). The molecule has 1 aromatic carbocycles. The number of rotatable bonds is 5. The van der Waals surface area contributed by atoms with E-state index < -0.39 is 5.97 Å². The van der Waals surface area contributed by atoms with Crippen molar-refractivity contribution >= 4 is 17.6 Å². The number of nitrogens with one attached hydrogen (secondary N) is 1. The van der Waals surface area contributed by atoms with Gasteiger partial charge in [0.15, 0.2) is 0 Å². The average Bonchev–Trinajstić information content (AvgIpc) is 2.48. The van der Waals surface area contributed by atoms with E-state index in [1.807, 2.05) is 12.1 Å². The second kappa shape index (κ2) is 6.51. The maximum absolute atomic E-state index is 11.8. The number of aromatic carboxylic acids is 1. The van der Waals surface area contributed by atoms with Gasteiger partial charge in [-0.1, -0.05) is 0 Å². The number of phenols is 1. The van der Waals surface area contributed by atoms with Crippen molar-refractivity contribution in [3.05, 3.63) is 53.9 Å². The molecule has 1 aromatic heterocycles. The predicted octanol–water partition coefficient (Wildman–Crippen LogP) is 2.06. The van der Waals surface area contributed by atoms with Gasteiger partial charge >= 0.3 is 5.97 Å². The van der Waals surface area contributed by atoms with E-state index in [9.17, 15) is 14.7 Å². The monoisotopic (exact) mass is 286 g/mol. The van der Waals surface area contributed by atoms with Gasteiger partial charge in [0.1, 0.15) is 11.3 Å². The first-order valence-corrected chi connectivity index (χ1v) is 6.31. The van der Waals surface area contributed by atoms with Crippen molar-refractivity contribution in [2.75, 3.05) is 5.32 Å². The Balaban J connectivity index is 1.97. The Bertz CT molecular complexity index is 656. The highest BCUT2D eigenvalue weighted by atomic mass is 16.4. The summed E-state index contributed by atoms with van der Waals surface area (Å²) in [5.41, 5.74) is 1.09. The second-order valence-corrected chi connectivity index (χ2v) is 4.44. The number of amides is 1. The van der Waals surface area contributed by atoms with Crippen LogP contribution in [0.5, 0.6) is 5.75 Å². The molecule has 0 fully saturated rings. The summed E-state index contributed by atoms with van der Waals surface area (Å²) in [7, 11) is 0. The number of carboxylic acids is 1. The van der Waals surface area contributed by atoms with Crippen LogP contribution in [0, 0.1) is 0 Å². The van der Waals surface area contributed by atoms with Crippen molar-refractivity contribution in [1.82, 2.24) is 4.98 Å². The first-order chi connectivity index (χ1) is 10.1. The maximum Gasteiger partial charge on any atom is 0.339 e. The van der Waals surface area contributed by atoms with E-state index >= 15 is 0 Å². The molecular weight excluding hydrogens is 272 g/mol. The van der Waals surface area contributed by atoms with E-state index in [1.54, 1.807) is 12.4 Å². The Labute approximate surface area is 121 Å². The number of anilines is 1. The zero-order valence-corrected chi connectivity index (χ0v) is 11.1. The number of carbonyl (C=O) groups is 2. The van der Waals surface area contributed by atoms with E-state index in [0.717, 1.165) is 5.56 Å². The first-order valence-electron chi connectivity index (χ1n) is 6.31. The summed E-state index contributed by atoms with van der Waals surface area (Å²) in [6, 6.07) is 7.57. The Morgan fingerprint density at radius 1 is 1.14 bits per heavy atom. The molecule has 2 aromatic rings. The van der Waals surface area contributed by atoms with Crippen molar-refractivity contribution in [2.45, 2.75) is 12.8 Å². The Morgan fingerprint density at radius 2 is 1.86 bits per heavy atom. The Morgan fingerprint density at radius 3 is 2.52 bits per heavy atom. The lowest BCUT2D eigenvalue weighted by molar-refractivity contribution is -0.116. The molecule has 108 valence electrons. The molecule has 0 saturated heterocycles. The molecule has 0 aliphatic rings. The number of nitrogens with zero attached hydrogens (tertiary/aromatic N) is 1. The van der Waals surface area contributed by atoms with E-state index in [-0.39, 0.29) is 23.6 Å². The molecule has 0 radical (unpaired) electrons. The predicted molar refractivity (Wildman–Crippen MR) is 76.3 cm³/mol. The van der Waals surface area contributed by atoms with Gasteiger partial charge in [-0.05, 0) is 42.3 Å². The number of aromatic nitrogens is 1. The van der Waals surface area contributed by atoms with Crippen LogP contribution in [0.3, 0.4) is 0 Å². The third-order valence-electron chi connectivity index (χ3n) is 2.90. The van der Waals surface area contributed by atoms with Crippen molar-refractivity contribution in [3.8, 4) is 5.75 Å². The lowest BCUT2D eigenvalue weighted by Crippen LogP contribution is -2.13. The zero-order chi connectivity index (χ0) is 15.2. The SMILES string of the molecule is O=C(CCc1ccncc1)Nc1ccc(O)c(C(=O)O)c1. The third-order valence-corrected chi connectivity index (χ3v) is 2.90. The van der Waals surface area contributed by atoms with E-state index in [4.69, 9.17) is 5.11 Å². The number of pyridine rings is 1. The number of aryl methyl sites for hydroxylation is 1. The highest BCUT2D eigenvalue weighted by molar-refractivity contribution is 5.95. The van der Waals surface area contributed by atoms with Crippen molar-refractivity contribution < 1.29 is 19.8 Å². The molecule has 21 heavy (non-hydrogen) atoms. The molecule has 1 amide bonds. The third kappa shape index (κ3) is 4.04. The minimum absolute atomic E-state index is 0.228. The number of aromatic hydroxyl groups is 1. The van der Waals surface area contributed by atoms with Crippen molar-refractivity contribution in [2.24, 2.45) is 0 Å². The van der Waals surface area contributed by atoms with E-state index in [1.165, 1.54) is 18.2 Å². The molecule has 6 heteroatoms. The normalized spacial score (nSPS) is 10.1. The summed E-state index contributed by atoms with van der Waals surface area (Å²) in [4.78, 5) is 26.6. The maximum atomic E-state index is 11.8. The minimum Gasteiger partial charge on any atom is -0.507 e. The quantitative estimate of drug-likeness (QED) is 0.730.